The van der Waals surface area contributed by atoms with E-state index >= 15 is 0 Å². The maximum Gasteiger partial charge on any atom is 0.251 e. The summed E-state index contributed by atoms with van der Waals surface area (Å²) in [5.74, 6) is 0.477. The maximum absolute atomic E-state index is 12.4. The lowest BCUT2D eigenvalue weighted by atomic mass is 9.99. The van der Waals surface area contributed by atoms with E-state index in [1.165, 1.54) is 13.2 Å². The van der Waals surface area contributed by atoms with E-state index in [0.29, 0.717) is 28.9 Å². The first-order valence-corrected chi connectivity index (χ1v) is 8.07. The summed E-state index contributed by atoms with van der Waals surface area (Å²) < 4.78 is 7.08. The Hall–Kier alpha value is -3.41. The Kier molecular flexibility index (Phi) is 4.84. The number of benzene rings is 1. The van der Waals surface area contributed by atoms with E-state index in [-0.39, 0.29) is 11.3 Å². The number of methoxy groups -OCH3 is 1. The van der Waals surface area contributed by atoms with Gasteiger partial charge in [0.25, 0.3) is 5.56 Å². The van der Waals surface area contributed by atoms with Gasteiger partial charge in [-0.3, -0.25) is 9.78 Å². The molecule has 2 heterocycles. The Balaban J connectivity index is 2.23. The van der Waals surface area contributed by atoms with Crippen molar-refractivity contribution in [2.75, 3.05) is 7.11 Å². The van der Waals surface area contributed by atoms with Gasteiger partial charge in [0.1, 0.15) is 5.75 Å². The number of nitrogens with zero attached hydrogens (tertiary/aromatic N) is 2. The van der Waals surface area contributed by atoms with Crippen LogP contribution in [0.3, 0.4) is 0 Å². The number of ether oxygens (including phenoxy) is 1. The molecule has 0 saturated heterocycles. The van der Waals surface area contributed by atoms with Gasteiger partial charge in [-0.25, -0.2) is 0 Å². The lowest BCUT2D eigenvalue weighted by Crippen LogP contribution is -2.20. The van der Waals surface area contributed by atoms with Gasteiger partial charge in [-0.2, -0.15) is 0 Å². The molecule has 0 radical (unpaired) electrons. The number of aliphatic hydroxyl groups excluding tert-OH is 1. The van der Waals surface area contributed by atoms with Crippen molar-refractivity contribution >= 4 is 22.2 Å². The second kappa shape index (κ2) is 7.23. The molecule has 0 unspecified atom stereocenters. The lowest BCUT2D eigenvalue weighted by molar-refractivity contribution is 0.413. The molecule has 0 aliphatic rings. The number of hydrogen-bond donors (Lipinski definition) is 2. The number of nitrogens with one attached hydrogen (secondary N) is 1. The molecule has 0 aliphatic heterocycles. The highest BCUT2D eigenvalue weighted by molar-refractivity contribution is 6.22. The van der Waals surface area contributed by atoms with Crippen molar-refractivity contribution in [1.82, 2.24) is 9.55 Å². The molecule has 6 heteroatoms. The normalized spacial score (nSPS) is 11.5. The molecule has 0 aliphatic carbocycles. The summed E-state index contributed by atoms with van der Waals surface area (Å²) in [4.78, 5) is 16.7. The number of rotatable bonds is 5. The van der Waals surface area contributed by atoms with Crippen molar-refractivity contribution in [2.24, 2.45) is 0 Å². The van der Waals surface area contributed by atoms with Crippen LogP contribution in [0, 0.1) is 5.41 Å². The smallest absolute Gasteiger partial charge is 0.251 e. The van der Waals surface area contributed by atoms with Gasteiger partial charge in [-0.1, -0.05) is 6.07 Å². The number of pyridine rings is 2. The van der Waals surface area contributed by atoms with Crippen molar-refractivity contribution in [1.29, 1.82) is 5.41 Å². The van der Waals surface area contributed by atoms with E-state index in [9.17, 15) is 9.90 Å². The number of aromatic nitrogens is 2. The van der Waals surface area contributed by atoms with Crippen LogP contribution in [-0.2, 0) is 6.54 Å². The van der Waals surface area contributed by atoms with Crippen LogP contribution in [0.2, 0.25) is 0 Å². The summed E-state index contributed by atoms with van der Waals surface area (Å²) in [7, 11) is 1.52. The molecule has 0 fully saturated rings. The fourth-order valence-electron chi connectivity index (χ4n) is 2.89. The summed E-state index contributed by atoms with van der Waals surface area (Å²) in [6.07, 6.45) is 2.59. The third kappa shape index (κ3) is 3.21. The fraction of sp³-hybridized carbons (Fsp3) is 0.150. The first-order chi connectivity index (χ1) is 12.5. The first kappa shape index (κ1) is 17.4. The number of aliphatic hydroxyl groups is 1. The second-order valence-electron chi connectivity index (χ2n) is 5.86. The molecule has 3 aromatic rings. The minimum absolute atomic E-state index is 0.140. The molecule has 1 aromatic carbocycles. The van der Waals surface area contributed by atoms with Crippen LogP contribution in [0.4, 0.5) is 0 Å². The Morgan fingerprint density at radius 3 is 2.73 bits per heavy atom. The summed E-state index contributed by atoms with van der Waals surface area (Å²) >= 11 is 0. The van der Waals surface area contributed by atoms with E-state index in [1.54, 1.807) is 29.8 Å². The van der Waals surface area contributed by atoms with Gasteiger partial charge < -0.3 is 19.8 Å². The molecule has 0 saturated carbocycles. The van der Waals surface area contributed by atoms with Crippen LogP contribution in [0.1, 0.15) is 18.2 Å². The number of fused-ring (bicyclic) bond motifs is 1. The van der Waals surface area contributed by atoms with Gasteiger partial charge >= 0.3 is 0 Å². The van der Waals surface area contributed by atoms with Crippen LogP contribution in [0.15, 0.2) is 59.7 Å². The minimum Gasteiger partial charge on any atom is -0.515 e. The molecular formula is C20H19N3O3. The van der Waals surface area contributed by atoms with Gasteiger partial charge in [0, 0.05) is 35.2 Å². The first-order valence-electron chi connectivity index (χ1n) is 8.07. The Morgan fingerprint density at radius 2 is 2.12 bits per heavy atom. The summed E-state index contributed by atoms with van der Waals surface area (Å²) in [5.41, 5.74) is 2.51. The van der Waals surface area contributed by atoms with Crippen LogP contribution in [-0.4, -0.2) is 27.5 Å². The van der Waals surface area contributed by atoms with E-state index in [1.807, 2.05) is 24.3 Å². The molecule has 26 heavy (non-hydrogen) atoms. The highest BCUT2D eigenvalue weighted by atomic mass is 16.5. The topological polar surface area (TPSA) is 88.2 Å². The quantitative estimate of drug-likeness (QED) is 0.546. The number of hydrogen-bond acceptors (Lipinski definition) is 5. The van der Waals surface area contributed by atoms with E-state index < -0.39 is 0 Å². The molecule has 0 amide bonds. The SMILES string of the molecule is COc1cc2c(ccc(=O)n2Cc2ccccn2)cc1/C(=C/O)C(C)=N. The van der Waals surface area contributed by atoms with Crippen LogP contribution >= 0.6 is 0 Å². The maximum atomic E-state index is 12.4. The summed E-state index contributed by atoms with van der Waals surface area (Å²) in [6, 6.07) is 12.4. The summed E-state index contributed by atoms with van der Waals surface area (Å²) in [5, 5.41) is 18.2. The fourth-order valence-corrected chi connectivity index (χ4v) is 2.89. The van der Waals surface area contributed by atoms with E-state index in [4.69, 9.17) is 10.1 Å². The van der Waals surface area contributed by atoms with Gasteiger partial charge in [0.2, 0.25) is 0 Å². The zero-order valence-corrected chi connectivity index (χ0v) is 14.6. The van der Waals surface area contributed by atoms with Crippen molar-refractivity contribution < 1.29 is 9.84 Å². The molecular weight excluding hydrogens is 330 g/mol. The van der Waals surface area contributed by atoms with Crippen LogP contribution < -0.4 is 10.3 Å². The van der Waals surface area contributed by atoms with Gasteiger partial charge in [-0.05, 0) is 36.6 Å². The standard InChI is InChI=1S/C20H19N3O3/c1-13(21)17(12-24)16-9-14-6-7-20(25)23(18(14)10-19(16)26-2)11-15-5-3-4-8-22-15/h3-10,12,21,24H,11H2,1-2H3/b17-12+,21-13?. The monoisotopic (exact) mass is 349 g/mol. The van der Waals surface area contributed by atoms with Crippen molar-refractivity contribution in [3.05, 3.63) is 76.5 Å². The Labute approximate surface area is 150 Å². The van der Waals surface area contributed by atoms with Crippen molar-refractivity contribution in [2.45, 2.75) is 13.5 Å². The molecule has 0 atom stereocenters. The molecule has 0 spiro atoms. The third-order valence-corrected chi connectivity index (χ3v) is 4.18. The molecule has 3 rings (SSSR count). The minimum atomic E-state index is -0.140. The average Bonchev–Trinajstić information content (AvgIpc) is 2.65. The second-order valence-corrected chi connectivity index (χ2v) is 5.86. The Bertz CT molecular complexity index is 1050. The van der Waals surface area contributed by atoms with E-state index in [0.717, 1.165) is 17.3 Å². The Morgan fingerprint density at radius 1 is 1.31 bits per heavy atom. The lowest BCUT2D eigenvalue weighted by Gasteiger charge is -2.15. The average molecular weight is 349 g/mol. The molecule has 2 N–H and O–H groups in total. The van der Waals surface area contributed by atoms with Gasteiger partial charge in [0.15, 0.2) is 0 Å². The summed E-state index contributed by atoms with van der Waals surface area (Å²) in [6.45, 7) is 1.93. The molecule has 2 aromatic heterocycles. The number of allylic oxidation sites excluding steroid dienone is 1. The molecule has 6 nitrogen and oxygen atoms in total. The predicted molar refractivity (Wildman–Crippen MR) is 102 cm³/mol. The third-order valence-electron chi connectivity index (χ3n) is 4.18. The highest BCUT2D eigenvalue weighted by Crippen LogP contribution is 2.31. The van der Waals surface area contributed by atoms with Gasteiger partial charge in [-0.15, -0.1) is 0 Å². The molecule has 132 valence electrons. The van der Waals surface area contributed by atoms with Crippen LogP contribution in [0.25, 0.3) is 16.5 Å². The largest absolute Gasteiger partial charge is 0.515 e. The highest BCUT2D eigenvalue weighted by Gasteiger charge is 2.15. The zero-order chi connectivity index (χ0) is 18.7. The van der Waals surface area contributed by atoms with E-state index in [2.05, 4.69) is 4.98 Å². The van der Waals surface area contributed by atoms with Gasteiger partial charge in [0.05, 0.1) is 31.1 Å². The molecule has 0 bridgehead atoms. The zero-order valence-electron chi connectivity index (χ0n) is 14.6. The van der Waals surface area contributed by atoms with Crippen molar-refractivity contribution in [3.8, 4) is 5.75 Å². The van der Waals surface area contributed by atoms with Crippen molar-refractivity contribution in [3.63, 3.8) is 0 Å². The predicted octanol–water partition coefficient (Wildman–Crippen LogP) is 3.39. The van der Waals surface area contributed by atoms with Crippen LogP contribution in [0.5, 0.6) is 5.75 Å².